The fourth-order valence-electron chi connectivity index (χ4n) is 7.05. The van der Waals surface area contributed by atoms with Gasteiger partial charge >= 0.3 is 0 Å². The van der Waals surface area contributed by atoms with Crippen LogP contribution in [0.4, 0.5) is 0 Å². The van der Waals surface area contributed by atoms with Gasteiger partial charge in [-0.3, -0.25) is 0 Å². The fraction of sp³-hybridized carbons (Fsp3) is 0. The fourth-order valence-corrected chi connectivity index (χ4v) is 7.05. The van der Waals surface area contributed by atoms with Crippen molar-refractivity contribution in [2.45, 2.75) is 0 Å². The largest absolute Gasteiger partial charge is 0.0616 e. The summed E-state index contributed by atoms with van der Waals surface area (Å²) in [7, 11) is 0. The summed E-state index contributed by atoms with van der Waals surface area (Å²) < 4.78 is 0. The summed E-state index contributed by atoms with van der Waals surface area (Å²) in [5, 5.41) is 12.7. The van der Waals surface area contributed by atoms with E-state index in [4.69, 9.17) is 0 Å². The Morgan fingerprint density at radius 3 is 0.955 bits per heavy atom. The summed E-state index contributed by atoms with van der Waals surface area (Å²) in [5.74, 6) is 0. The van der Waals surface area contributed by atoms with Crippen LogP contribution in [0, 0.1) is 0 Å². The summed E-state index contributed by atoms with van der Waals surface area (Å²) >= 11 is 0. The van der Waals surface area contributed by atoms with Crippen LogP contribution >= 0.6 is 0 Å². The van der Waals surface area contributed by atoms with Crippen LogP contribution in [-0.2, 0) is 0 Å². The van der Waals surface area contributed by atoms with Crippen molar-refractivity contribution in [2.75, 3.05) is 0 Å². The van der Waals surface area contributed by atoms with Crippen LogP contribution in [0.2, 0.25) is 0 Å². The Morgan fingerprint density at radius 1 is 0.205 bits per heavy atom. The number of rotatable bonds is 3. The molecular weight excluding hydrogens is 528 g/mol. The van der Waals surface area contributed by atoms with Gasteiger partial charge in [-0.15, -0.1) is 0 Å². The number of fused-ring (bicyclic) bond motifs is 5. The van der Waals surface area contributed by atoms with Gasteiger partial charge in [0.05, 0.1) is 0 Å². The minimum atomic E-state index is 1.24. The number of benzene rings is 9. The van der Waals surface area contributed by atoms with Gasteiger partial charge in [0.2, 0.25) is 0 Å². The van der Waals surface area contributed by atoms with Gasteiger partial charge in [0.25, 0.3) is 0 Å². The molecule has 0 radical (unpaired) electrons. The summed E-state index contributed by atoms with van der Waals surface area (Å²) in [5.41, 5.74) is 7.56. The molecule has 204 valence electrons. The average molecular weight is 557 g/mol. The van der Waals surface area contributed by atoms with Crippen molar-refractivity contribution in [1.29, 1.82) is 0 Å². The van der Waals surface area contributed by atoms with Crippen molar-refractivity contribution in [1.82, 2.24) is 0 Å². The lowest BCUT2D eigenvalue weighted by atomic mass is 9.85. The SMILES string of the molecule is c1ccc2cc(-c3ccc4ccc(-c5c6ccccc6c(-c6ccc7ccccc7c6)c6ccccc56)cc4c3)ccc2c1. The molecule has 0 aliphatic rings. The molecule has 9 aromatic rings. The number of hydrogen-bond donors (Lipinski definition) is 0. The van der Waals surface area contributed by atoms with Gasteiger partial charge in [-0.05, 0) is 112 Å². The van der Waals surface area contributed by atoms with Crippen molar-refractivity contribution in [3.63, 3.8) is 0 Å². The van der Waals surface area contributed by atoms with Crippen LogP contribution in [0.25, 0.3) is 87.2 Å². The van der Waals surface area contributed by atoms with Gasteiger partial charge in [0.15, 0.2) is 0 Å². The Bertz CT molecular complexity index is 2490. The Morgan fingerprint density at radius 2 is 0.500 bits per heavy atom. The van der Waals surface area contributed by atoms with Crippen LogP contribution in [0.3, 0.4) is 0 Å². The van der Waals surface area contributed by atoms with Crippen molar-refractivity contribution >= 4 is 53.9 Å². The van der Waals surface area contributed by atoms with Crippen LogP contribution in [0.15, 0.2) is 170 Å². The maximum absolute atomic E-state index is 2.38. The van der Waals surface area contributed by atoms with Crippen molar-refractivity contribution < 1.29 is 0 Å². The zero-order valence-electron chi connectivity index (χ0n) is 24.2. The molecule has 0 atom stereocenters. The van der Waals surface area contributed by atoms with E-state index in [1.807, 2.05) is 0 Å². The second-order valence-electron chi connectivity index (χ2n) is 11.7. The lowest BCUT2D eigenvalue weighted by Gasteiger charge is -2.18. The third-order valence-corrected chi connectivity index (χ3v) is 9.18. The molecule has 0 N–H and O–H groups in total. The third kappa shape index (κ3) is 4.00. The van der Waals surface area contributed by atoms with E-state index >= 15 is 0 Å². The molecule has 0 spiro atoms. The van der Waals surface area contributed by atoms with Gasteiger partial charge in [-0.25, -0.2) is 0 Å². The molecular formula is C44H28. The molecule has 0 saturated heterocycles. The lowest BCUT2D eigenvalue weighted by Crippen LogP contribution is -1.91. The molecule has 0 aromatic heterocycles. The maximum Gasteiger partial charge on any atom is -0.00262 e. The van der Waals surface area contributed by atoms with Gasteiger partial charge in [-0.1, -0.05) is 146 Å². The highest BCUT2D eigenvalue weighted by atomic mass is 14.2. The molecule has 0 saturated carbocycles. The second-order valence-corrected chi connectivity index (χ2v) is 11.7. The minimum Gasteiger partial charge on any atom is -0.0616 e. The van der Waals surface area contributed by atoms with Crippen molar-refractivity contribution in [3.05, 3.63) is 170 Å². The lowest BCUT2D eigenvalue weighted by molar-refractivity contribution is 1.66. The molecule has 0 heteroatoms. The molecule has 44 heavy (non-hydrogen) atoms. The summed E-state index contributed by atoms with van der Waals surface area (Å²) in [6.45, 7) is 0. The van der Waals surface area contributed by atoms with Gasteiger partial charge < -0.3 is 0 Å². The van der Waals surface area contributed by atoms with E-state index in [1.165, 1.54) is 87.2 Å². The highest BCUT2D eigenvalue weighted by Gasteiger charge is 2.17. The minimum absolute atomic E-state index is 1.24. The monoisotopic (exact) mass is 556 g/mol. The van der Waals surface area contributed by atoms with Crippen molar-refractivity contribution in [2.24, 2.45) is 0 Å². The number of hydrogen-bond acceptors (Lipinski definition) is 0. The quantitative estimate of drug-likeness (QED) is 0.190. The van der Waals surface area contributed by atoms with Gasteiger partial charge in [0, 0.05) is 0 Å². The predicted octanol–water partition coefficient (Wildman–Crippen LogP) is 12.5. The molecule has 0 nitrogen and oxygen atoms in total. The first-order valence-corrected chi connectivity index (χ1v) is 15.3. The Kier molecular flexibility index (Phi) is 5.61. The average Bonchev–Trinajstić information content (AvgIpc) is 3.09. The first-order valence-electron chi connectivity index (χ1n) is 15.3. The zero-order chi connectivity index (χ0) is 29.0. The highest BCUT2D eigenvalue weighted by Crippen LogP contribution is 2.44. The normalized spacial score (nSPS) is 11.6. The molecule has 0 heterocycles. The third-order valence-electron chi connectivity index (χ3n) is 9.18. The maximum atomic E-state index is 2.38. The van der Waals surface area contributed by atoms with E-state index in [0.29, 0.717) is 0 Å². The first-order chi connectivity index (χ1) is 21.8. The molecule has 9 rings (SSSR count). The molecule has 0 bridgehead atoms. The van der Waals surface area contributed by atoms with E-state index in [1.54, 1.807) is 0 Å². The van der Waals surface area contributed by atoms with Crippen LogP contribution in [0.5, 0.6) is 0 Å². The molecule has 0 aliphatic carbocycles. The van der Waals surface area contributed by atoms with E-state index < -0.39 is 0 Å². The Hall–Kier alpha value is -5.72. The highest BCUT2D eigenvalue weighted by molar-refractivity contribution is 6.22. The van der Waals surface area contributed by atoms with E-state index in [9.17, 15) is 0 Å². The Balaban J connectivity index is 1.27. The Labute approximate surface area is 256 Å². The van der Waals surface area contributed by atoms with Crippen molar-refractivity contribution in [3.8, 4) is 33.4 Å². The molecule has 0 amide bonds. The second kappa shape index (κ2) is 9.93. The predicted molar refractivity (Wildman–Crippen MR) is 190 cm³/mol. The zero-order valence-corrected chi connectivity index (χ0v) is 24.2. The molecule has 0 fully saturated rings. The standard InChI is InChI=1S/C44H28/c1-3-11-32-25-34(21-17-29(32)9-1)35-22-18-31-20-24-37(28-38(31)27-35)44-41-15-7-5-13-39(41)43(40-14-6-8-16-42(40)44)36-23-19-30-10-2-4-12-33(30)26-36/h1-28H. The van der Waals surface area contributed by atoms with Gasteiger partial charge in [-0.2, -0.15) is 0 Å². The molecule has 0 aliphatic heterocycles. The first kappa shape index (κ1) is 24.8. The van der Waals surface area contributed by atoms with Crippen LogP contribution in [0.1, 0.15) is 0 Å². The van der Waals surface area contributed by atoms with Crippen LogP contribution in [-0.4, -0.2) is 0 Å². The summed E-state index contributed by atoms with van der Waals surface area (Å²) in [4.78, 5) is 0. The van der Waals surface area contributed by atoms with Crippen LogP contribution < -0.4 is 0 Å². The summed E-state index contributed by atoms with van der Waals surface area (Å²) in [6, 6.07) is 62.4. The molecule has 9 aromatic carbocycles. The topological polar surface area (TPSA) is 0 Å². The van der Waals surface area contributed by atoms with Gasteiger partial charge in [0.1, 0.15) is 0 Å². The smallest absolute Gasteiger partial charge is 0.00262 e. The summed E-state index contributed by atoms with van der Waals surface area (Å²) in [6.07, 6.45) is 0. The van der Waals surface area contributed by atoms with E-state index in [-0.39, 0.29) is 0 Å². The van der Waals surface area contributed by atoms with E-state index in [0.717, 1.165) is 0 Å². The van der Waals surface area contributed by atoms with E-state index in [2.05, 4.69) is 170 Å². The molecule has 0 unspecified atom stereocenters.